The largest absolute Gasteiger partial charge is 0.464 e. The van der Waals surface area contributed by atoms with Gasteiger partial charge in [0.1, 0.15) is 6.61 Å². The Labute approximate surface area is 122 Å². The van der Waals surface area contributed by atoms with Crippen molar-refractivity contribution in [2.45, 2.75) is 65.3 Å². The zero-order chi connectivity index (χ0) is 15.2. The van der Waals surface area contributed by atoms with Gasteiger partial charge in [0.25, 0.3) is 0 Å². The van der Waals surface area contributed by atoms with E-state index in [2.05, 4.69) is 4.72 Å². The summed E-state index contributed by atoms with van der Waals surface area (Å²) in [5, 5.41) is 0. The summed E-state index contributed by atoms with van der Waals surface area (Å²) in [5.41, 5.74) is -0.555. The van der Waals surface area contributed by atoms with Crippen molar-refractivity contribution >= 4 is 16.0 Å². The van der Waals surface area contributed by atoms with Crippen LogP contribution in [0.15, 0.2) is 0 Å². The molecule has 0 amide bonds. The molecule has 20 heavy (non-hydrogen) atoms. The van der Waals surface area contributed by atoms with Crippen molar-refractivity contribution in [2.75, 3.05) is 12.4 Å². The van der Waals surface area contributed by atoms with Gasteiger partial charge in [0.05, 0.1) is 11.2 Å². The summed E-state index contributed by atoms with van der Waals surface area (Å²) in [6.45, 7) is 5.42. The Morgan fingerprint density at radius 2 is 1.85 bits per heavy atom. The second-order valence-electron chi connectivity index (χ2n) is 6.15. The number of hydrogen-bond acceptors (Lipinski definition) is 4. The van der Waals surface area contributed by atoms with Gasteiger partial charge in [-0.1, -0.05) is 26.2 Å². The first-order chi connectivity index (χ1) is 9.27. The molecule has 0 aromatic rings. The van der Waals surface area contributed by atoms with Gasteiger partial charge in [0.15, 0.2) is 0 Å². The molecule has 118 valence electrons. The van der Waals surface area contributed by atoms with Crippen molar-refractivity contribution in [1.82, 2.24) is 4.72 Å². The zero-order valence-electron chi connectivity index (χ0n) is 12.8. The van der Waals surface area contributed by atoms with E-state index in [1.165, 1.54) is 6.42 Å². The fourth-order valence-electron chi connectivity index (χ4n) is 2.12. The lowest BCUT2D eigenvalue weighted by Crippen LogP contribution is -2.39. The van der Waals surface area contributed by atoms with Crippen LogP contribution in [0.25, 0.3) is 0 Å². The molecule has 0 aliphatic heterocycles. The predicted molar refractivity (Wildman–Crippen MR) is 78.8 cm³/mol. The maximum Gasteiger partial charge on any atom is 0.311 e. The smallest absolute Gasteiger partial charge is 0.311 e. The predicted octanol–water partition coefficient (Wildman–Crippen LogP) is 2.22. The van der Waals surface area contributed by atoms with Crippen molar-refractivity contribution in [1.29, 1.82) is 0 Å². The second-order valence-corrected chi connectivity index (χ2v) is 8.02. The molecule has 0 aromatic heterocycles. The lowest BCUT2D eigenvalue weighted by molar-refractivity contribution is -0.153. The molecule has 0 atom stereocenters. The Bertz CT molecular complexity index is 411. The Hall–Kier alpha value is -0.620. The van der Waals surface area contributed by atoms with E-state index in [4.69, 9.17) is 4.74 Å². The number of esters is 1. The number of sulfonamides is 1. The Morgan fingerprint density at radius 3 is 2.40 bits per heavy atom. The molecule has 0 radical (unpaired) electrons. The van der Waals surface area contributed by atoms with Crippen LogP contribution < -0.4 is 4.72 Å². The normalized spacial score (nSPS) is 17.9. The van der Waals surface area contributed by atoms with E-state index in [0.29, 0.717) is 6.42 Å². The first kappa shape index (κ1) is 17.4. The van der Waals surface area contributed by atoms with E-state index < -0.39 is 15.4 Å². The topological polar surface area (TPSA) is 72.5 Å². The number of ether oxygens (including phenoxy) is 1. The molecular formula is C14H27NO4S. The van der Waals surface area contributed by atoms with E-state index in [1.54, 1.807) is 13.8 Å². The molecule has 5 nitrogen and oxygen atoms in total. The van der Waals surface area contributed by atoms with Gasteiger partial charge in [0, 0.05) is 6.04 Å². The summed E-state index contributed by atoms with van der Waals surface area (Å²) in [6.07, 6.45) is 5.81. The third kappa shape index (κ3) is 5.79. The van der Waals surface area contributed by atoms with Crippen molar-refractivity contribution < 1.29 is 17.9 Å². The van der Waals surface area contributed by atoms with Crippen molar-refractivity contribution in [3.8, 4) is 0 Å². The van der Waals surface area contributed by atoms with Gasteiger partial charge in [-0.05, 0) is 33.1 Å². The van der Waals surface area contributed by atoms with Crippen molar-refractivity contribution in [3.05, 3.63) is 0 Å². The average Bonchev–Trinajstić information content (AvgIpc) is 2.38. The van der Waals surface area contributed by atoms with Crippen LogP contribution in [0.1, 0.15) is 59.3 Å². The average molecular weight is 305 g/mol. The third-order valence-corrected chi connectivity index (χ3v) is 5.37. The molecule has 0 bridgehead atoms. The molecule has 1 rings (SSSR count). The van der Waals surface area contributed by atoms with Crippen molar-refractivity contribution in [3.63, 3.8) is 0 Å². The van der Waals surface area contributed by atoms with Gasteiger partial charge < -0.3 is 4.74 Å². The first-order valence-corrected chi connectivity index (χ1v) is 9.09. The fourth-order valence-corrected chi connectivity index (χ4v) is 3.28. The molecule has 1 fully saturated rings. The summed E-state index contributed by atoms with van der Waals surface area (Å²) in [7, 11) is -3.36. The first-order valence-electron chi connectivity index (χ1n) is 7.44. The number of nitrogens with one attached hydrogen (secondary N) is 1. The minimum absolute atomic E-state index is 0.0523. The molecule has 1 aliphatic rings. The number of rotatable bonds is 7. The van der Waals surface area contributed by atoms with Crippen LogP contribution in [0.3, 0.4) is 0 Å². The maximum atomic E-state index is 11.9. The molecular weight excluding hydrogens is 278 g/mol. The van der Waals surface area contributed by atoms with Gasteiger partial charge >= 0.3 is 5.97 Å². The van der Waals surface area contributed by atoms with E-state index in [1.807, 2.05) is 6.92 Å². The van der Waals surface area contributed by atoms with Crippen LogP contribution in [0.4, 0.5) is 0 Å². The minimum atomic E-state index is -3.36. The Balaban J connectivity index is 2.34. The van der Waals surface area contributed by atoms with Crippen LogP contribution in [-0.2, 0) is 19.6 Å². The highest BCUT2D eigenvalue weighted by Gasteiger charge is 2.27. The number of hydrogen-bond donors (Lipinski definition) is 1. The van der Waals surface area contributed by atoms with Crippen molar-refractivity contribution in [2.24, 2.45) is 5.41 Å². The molecule has 6 heteroatoms. The molecule has 0 aromatic carbocycles. The SMILES string of the molecule is CCC(C)(C)C(=O)OCCS(=O)(=O)NC1CCCCC1. The van der Waals surface area contributed by atoms with E-state index in [-0.39, 0.29) is 24.4 Å². The summed E-state index contributed by atoms with van der Waals surface area (Å²) in [5.74, 6) is -0.498. The summed E-state index contributed by atoms with van der Waals surface area (Å²) in [6, 6.07) is 0.0523. The summed E-state index contributed by atoms with van der Waals surface area (Å²) in [4.78, 5) is 11.7. The van der Waals surface area contributed by atoms with Gasteiger partial charge in [-0.15, -0.1) is 0 Å². The van der Waals surface area contributed by atoms with Crippen LogP contribution in [-0.4, -0.2) is 32.8 Å². The molecule has 1 N–H and O–H groups in total. The molecule has 0 saturated heterocycles. The lowest BCUT2D eigenvalue weighted by atomic mass is 9.91. The van der Waals surface area contributed by atoms with Crippen LogP contribution in [0.5, 0.6) is 0 Å². The van der Waals surface area contributed by atoms with Crippen LogP contribution >= 0.6 is 0 Å². The van der Waals surface area contributed by atoms with Gasteiger partial charge in [-0.3, -0.25) is 4.79 Å². The van der Waals surface area contributed by atoms with Gasteiger partial charge in [-0.25, -0.2) is 13.1 Å². The molecule has 1 aliphatic carbocycles. The highest BCUT2D eigenvalue weighted by Crippen LogP contribution is 2.21. The second kappa shape index (κ2) is 7.41. The molecule has 0 heterocycles. The maximum absolute atomic E-state index is 11.9. The van der Waals surface area contributed by atoms with Crippen LogP contribution in [0, 0.1) is 5.41 Å². The highest BCUT2D eigenvalue weighted by molar-refractivity contribution is 7.89. The van der Waals surface area contributed by atoms with E-state index >= 15 is 0 Å². The Kier molecular flexibility index (Phi) is 6.45. The molecule has 0 spiro atoms. The Morgan fingerprint density at radius 1 is 1.25 bits per heavy atom. The minimum Gasteiger partial charge on any atom is -0.464 e. The third-order valence-electron chi connectivity index (χ3n) is 3.97. The van der Waals surface area contributed by atoms with E-state index in [0.717, 1.165) is 25.7 Å². The summed E-state index contributed by atoms with van der Waals surface area (Å²) < 4.78 is 31.6. The standard InChI is InChI=1S/C14H27NO4S/c1-4-14(2,3)13(16)19-10-11-20(17,18)15-12-8-6-5-7-9-12/h12,15H,4-11H2,1-3H3. The number of carbonyl (C=O) groups is 1. The highest BCUT2D eigenvalue weighted by atomic mass is 32.2. The van der Waals surface area contributed by atoms with Gasteiger partial charge in [0.2, 0.25) is 10.0 Å². The lowest BCUT2D eigenvalue weighted by Gasteiger charge is -2.23. The fraction of sp³-hybridized carbons (Fsp3) is 0.929. The molecule has 1 saturated carbocycles. The zero-order valence-corrected chi connectivity index (χ0v) is 13.6. The summed E-state index contributed by atoms with van der Waals surface area (Å²) >= 11 is 0. The molecule has 0 unspecified atom stereocenters. The monoisotopic (exact) mass is 305 g/mol. The van der Waals surface area contributed by atoms with Gasteiger partial charge in [-0.2, -0.15) is 0 Å². The van der Waals surface area contributed by atoms with Crippen LogP contribution in [0.2, 0.25) is 0 Å². The number of carbonyl (C=O) groups excluding carboxylic acids is 1. The quantitative estimate of drug-likeness (QED) is 0.732. The van der Waals surface area contributed by atoms with E-state index in [9.17, 15) is 13.2 Å².